The zero-order chi connectivity index (χ0) is 4.00. The van der Waals surface area contributed by atoms with Crippen LogP contribution in [-0.4, -0.2) is 25.8 Å². The normalized spacial score (nSPS) is 1.60. The van der Waals surface area contributed by atoms with E-state index in [4.69, 9.17) is 0 Å². The molecule has 0 aliphatic heterocycles. The predicted octanol–water partition coefficient (Wildman–Crippen LogP) is 0.420. The van der Waals surface area contributed by atoms with Gasteiger partial charge in [-0.2, -0.15) is 0 Å². The molecule has 0 amide bonds. The van der Waals surface area contributed by atoms with Crippen molar-refractivity contribution in [3.05, 3.63) is 26.3 Å². The quantitative estimate of drug-likeness (QED) is 0.467. The van der Waals surface area contributed by atoms with Crippen LogP contribution in [0.5, 0.6) is 0 Å². The molecule has 0 aliphatic carbocycles. The second-order valence-corrected chi connectivity index (χ2v) is 0. The van der Waals surface area contributed by atoms with Crippen molar-refractivity contribution in [1.29, 1.82) is 0 Å². The van der Waals surface area contributed by atoms with Gasteiger partial charge in [0.25, 0.3) is 0 Å². The van der Waals surface area contributed by atoms with Crippen LogP contribution in [0, 0.1) is 0 Å². The van der Waals surface area contributed by atoms with Crippen molar-refractivity contribution in [3.63, 3.8) is 0 Å². The van der Waals surface area contributed by atoms with Crippen molar-refractivity contribution in [2.24, 2.45) is 0 Å². The summed E-state index contributed by atoms with van der Waals surface area (Å²) in [5.41, 5.74) is 0. The molecule has 0 saturated heterocycles. The van der Waals surface area contributed by atoms with Gasteiger partial charge in [-0.25, -0.2) is 0 Å². The third-order valence-corrected chi connectivity index (χ3v) is 0. The van der Waals surface area contributed by atoms with E-state index in [-0.39, 0.29) is 25.8 Å². The van der Waals surface area contributed by atoms with E-state index in [0.717, 1.165) is 0 Å². The van der Waals surface area contributed by atoms with Gasteiger partial charge in [0.2, 0.25) is 0 Å². The van der Waals surface area contributed by atoms with Gasteiger partial charge in [-0.1, -0.05) is 0 Å². The standard InChI is InChI=1S/2C2H4.In.3H/c2*1-2;;;;/h2*1-2H2;;;;. The number of hydrogen-bond donors (Lipinski definition) is 0. The summed E-state index contributed by atoms with van der Waals surface area (Å²) < 4.78 is 0. The topological polar surface area (TPSA) is 0 Å². The van der Waals surface area contributed by atoms with Crippen LogP contribution >= 0.6 is 0 Å². The fourth-order valence-corrected chi connectivity index (χ4v) is 0. The molecule has 0 aliphatic rings. The van der Waals surface area contributed by atoms with Crippen molar-refractivity contribution >= 4 is 25.8 Å². The molecule has 0 aromatic heterocycles. The molecule has 0 rings (SSSR count). The van der Waals surface area contributed by atoms with Crippen LogP contribution in [0.25, 0.3) is 0 Å². The Morgan fingerprint density at radius 1 is 0.600 bits per heavy atom. The maximum atomic E-state index is 3.00. The van der Waals surface area contributed by atoms with E-state index in [1.807, 2.05) is 0 Å². The van der Waals surface area contributed by atoms with Crippen LogP contribution < -0.4 is 0 Å². The third-order valence-electron chi connectivity index (χ3n) is 0. The summed E-state index contributed by atoms with van der Waals surface area (Å²) in [5, 5.41) is 0. The van der Waals surface area contributed by atoms with Crippen LogP contribution in [0.1, 0.15) is 0 Å². The SMILES string of the molecule is C=C.C=C.[InH3]. The molecule has 0 aromatic rings. The number of rotatable bonds is 0. The Morgan fingerprint density at radius 3 is 0.600 bits per heavy atom. The van der Waals surface area contributed by atoms with Gasteiger partial charge in [-0.3, -0.25) is 0 Å². The summed E-state index contributed by atoms with van der Waals surface area (Å²) in [6.07, 6.45) is 0. The third kappa shape index (κ3) is 196. The molecule has 0 N–H and O–H groups in total. The van der Waals surface area contributed by atoms with Gasteiger partial charge in [-0.15, -0.1) is 26.3 Å². The Kier molecular flexibility index (Phi) is 1460. The molecule has 30 valence electrons. The van der Waals surface area contributed by atoms with Gasteiger partial charge in [-0.05, 0) is 0 Å². The fraction of sp³-hybridized carbons (Fsp3) is 0. The van der Waals surface area contributed by atoms with E-state index in [0.29, 0.717) is 0 Å². The fourth-order valence-electron chi connectivity index (χ4n) is 0. The Morgan fingerprint density at radius 2 is 0.600 bits per heavy atom. The van der Waals surface area contributed by atoms with Crippen molar-refractivity contribution in [2.75, 3.05) is 0 Å². The summed E-state index contributed by atoms with van der Waals surface area (Å²) >= 11 is 0. The van der Waals surface area contributed by atoms with Crippen LogP contribution in [0.3, 0.4) is 0 Å². The van der Waals surface area contributed by atoms with Gasteiger partial charge < -0.3 is 0 Å². The van der Waals surface area contributed by atoms with Crippen molar-refractivity contribution in [1.82, 2.24) is 0 Å². The average molecular weight is 174 g/mol. The summed E-state index contributed by atoms with van der Waals surface area (Å²) in [6.45, 7) is 12.0. The van der Waals surface area contributed by atoms with Crippen molar-refractivity contribution < 1.29 is 0 Å². The summed E-state index contributed by atoms with van der Waals surface area (Å²) in [5.74, 6) is 0. The van der Waals surface area contributed by atoms with Gasteiger partial charge >= 0.3 is 25.8 Å². The predicted molar refractivity (Wildman–Crippen MR) is 32.4 cm³/mol. The molecule has 0 bridgehead atoms. The van der Waals surface area contributed by atoms with Gasteiger partial charge in [0.15, 0.2) is 0 Å². The van der Waals surface area contributed by atoms with Crippen LogP contribution in [0.2, 0.25) is 0 Å². The van der Waals surface area contributed by atoms with Crippen molar-refractivity contribution in [3.8, 4) is 0 Å². The molecule has 0 fully saturated rings. The van der Waals surface area contributed by atoms with E-state index in [1.54, 1.807) is 0 Å². The average Bonchev–Trinajstić information content (AvgIpc) is 1.50. The molecule has 5 heavy (non-hydrogen) atoms. The first kappa shape index (κ1) is 18.3. The molecular formula is C4H11In. The molecule has 0 heterocycles. The molecule has 0 unspecified atom stereocenters. The molecule has 0 spiro atoms. The van der Waals surface area contributed by atoms with Crippen LogP contribution in [0.4, 0.5) is 0 Å². The molecule has 0 aromatic carbocycles. The van der Waals surface area contributed by atoms with E-state index in [1.165, 1.54) is 0 Å². The molecule has 0 radical (unpaired) electrons. The Labute approximate surface area is 52.4 Å². The monoisotopic (exact) mass is 174 g/mol. The number of hydrogen-bond acceptors (Lipinski definition) is 0. The second-order valence-electron chi connectivity index (χ2n) is 0. The van der Waals surface area contributed by atoms with E-state index in [2.05, 4.69) is 26.3 Å². The second kappa shape index (κ2) is 398. The summed E-state index contributed by atoms with van der Waals surface area (Å²) in [7, 11) is 0. The zero-order valence-electron chi connectivity index (χ0n) is 2.83. The van der Waals surface area contributed by atoms with E-state index < -0.39 is 0 Å². The Hall–Kier alpha value is 0.350. The van der Waals surface area contributed by atoms with E-state index in [9.17, 15) is 0 Å². The summed E-state index contributed by atoms with van der Waals surface area (Å²) in [6, 6.07) is 0. The Balaban J connectivity index is -0.0000000133. The minimum absolute atomic E-state index is 0. The molecule has 0 saturated carbocycles. The van der Waals surface area contributed by atoms with Gasteiger partial charge in [0.1, 0.15) is 0 Å². The summed E-state index contributed by atoms with van der Waals surface area (Å²) in [4.78, 5) is 0. The Bertz CT molecular complexity index is 5.61. The zero-order valence-corrected chi connectivity index (χ0v) is 2.83. The van der Waals surface area contributed by atoms with Gasteiger partial charge in [0, 0.05) is 0 Å². The molecular weight excluding hydrogens is 163 g/mol. The first-order chi connectivity index (χ1) is 2.00. The minimum atomic E-state index is 0. The first-order valence-electron chi connectivity index (χ1n) is 1.000. The van der Waals surface area contributed by atoms with Gasteiger partial charge in [0.05, 0.1) is 0 Å². The van der Waals surface area contributed by atoms with Crippen LogP contribution in [0.15, 0.2) is 26.3 Å². The van der Waals surface area contributed by atoms with Crippen LogP contribution in [-0.2, 0) is 0 Å². The molecule has 0 nitrogen and oxygen atoms in total. The van der Waals surface area contributed by atoms with Crippen molar-refractivity contribution in [2.45, 2.75) is 0 Å². The maximum absolute atomic E-state index is 3.00. The van der Waals surface area contributed by atoms with E-state index >= 15 is 0 Å². The molecule has 0 atom stereocenters. The first-order valence-corrected chi connectivity index (χ1v) is 1.000. The molecule has 1 heteroatoms.